The number of likely N-dealkylation sites (tertiary alicyclic amines) is 1. The van der Waals surface area contributed by atoms with E-state index in [0.29, 0.717) is 18.8 Å². The van der Waals surface area contributed by atoms with Crippen molar-refractivity contribution >= 4 is 17.2 Å². The Morgan fingerprint density at radius 3 is 2.92 bits per heavy atom. The fourth-order valence-electron chi connectivity index (χ4n) is 3.14. The second-order valence-corrected chi connectivity index (χ2v) is 6.95. The Bertz CT molecular complexity index is 915. The molecule has 1 fully saturated rings. The van der Waals surface area contributed by atoms with E-state index in [0.717, 1.165) is 23.4 Å². The molecule has 0 saturated carbocycles. The number of thiophene rings is 1. The van der Waals surface area contributed by atoms with Gasteiger partial charge >= 0.3 is 0 Å². The van der Waals surface area contributed by atoms with Crippen molar-refractivity contribution in [3.8, 4) is 10.6 Å². The zero-order valence-electron chi connectivity index (χ0n) is 13.5. The molecule has 0 unspecified atom stereocenters. The molecule has 1 atom stereocenters. The Balaban J connectivity index is 1.60. The minimum Gasteiger partial charge on any atom is -0.459 e. The molecular formula is C18H17N3O3S. The van der Waals surface area contributed by atoms with Crippen LogP contribution in [0, 0.1) is 0 Å². The van der Waals surface area contributed by atoms with Crippen molar-refractivity contribution in [1.82, 2.24) is 14.7 Å². The summed E-state index contributed by atoms with van der Waals surface area (Å²) in [4.78, 5) is 27.6. The van der Waals surface area contributed by atoms with Gasteiger partial charge in [-0.25, -0.2) is 4.68 Å². The van der Waals surface area contributed by atoms with Crippen LogP contribution in [-0.2, 0) is 0 Å². The third kappa shape index (κ3) is 3.15. The lowest BCUT2D eigenvalue weighted by atomic mass is 10.1. The van der Waals surface area contributed by atoms with E-state index in [2.05, 4.69) is 5.10 Å². The van der Waals surface area contributed by atoms with Crippen LogP contribution in [-0.4, -0.2) is 33.7 Å². The van der Waals surface area contributed by atoms with Gasteiger partial charge in [-0.2, -0.15) is 5.10 Å². The van der Waals surface area contributed by atoms with Crippen LogP contribution in [0.4, 0.5) is 0 Å². The lowest BCUT2D eigenvalue weighted by Crippen LogP contribution is -2.43. The number of rotatable bonds is 3. The van der Waals surface area contributed by atoms with Crippen molar-refractivity contribution < 1.29 is 9.21 Å². The molecule has 4 rings (SSSR count). The summed E-state index contributed by atoms with van der Waals surface area (Å²) >= 11 is 1.59. The fraction of sp³-hybridized carbons (Fsp3) is 0.278. The largest absolute Gasteiger partial charge is 0.459 e. The maximum Gasteiger partial charge on any atom is 0.289 e. The van der Waals surface area contributed by atoms with Crippen molar-refractivity contribution in [3.63, 3.8) is 0 Å². The molecule has 7 heteroatoms. The number of carbonyl (C=O) groups excluding carboxylic acids is 1. The van der Waals surface area contributed by atoms with Gasteiger partial charge in [-0.05, 0) is 42.5 Å². The Labute approximate surface area is 148 Å². The first kappa shape index (κ1) is 15.8. The third-order valence-electron chi connectivity index (χ3n) is 4.36. The van der Waals surface area contributed by atoms with Gasteiger partial charge in [0.05, 0.1) is 17.2 Å². The van der Waals surface area contributed by atoms with Gasteiger partial charge in [-0.15, -0.1) is 11.3 Å². The number of hydrogen-bond acceptors (Lipinski definition) is 5. The predicted molar refractivity (Wildman–Crippen MR) is 94.7 cm³/mol. The van der Waals surface area contributed by atoms with Gasteiger partial charge in [0.2, 0.25) is 0 Å². The molecule has 1 aliphatic rings. The van der Waals surface area contributed by atoms with Crippen LogP contribution >= 0.6 is 11.3 Å². The Morgan fingerprint density at radius 1 is 1.24 bits per heavy atom. The Hall–Kier alpha value is -2.67. The van der Waals surface area contributed by atoms with Crippen LogP contribution in [0.2, 0.25) is 0 Å². The first-order valence-corrected chi connectivity index (χ1v) is 9.07. The average Bonchev–Trinajstić information content (AvgIpc) is 3.35. The van der Waals surface area contributed by atoms with Crippen molar-refractivity contribution in [2.45, 2.75) is 18.9 Å². The van der Waals surface area contributed by atoms with Gasteiger partial charge < -0.3 is 9.32 Å². The highest BCUT2D eigenvalue weighted by molar-refractivity contribution is 7.13. The van der Waals surface area contributed by atoms with E-state index in [9.17, 15) is 9.59 Å². The summed E-state index contributed by atoms with van der Waals surface area (Å²) in [7, 11) is 0. The van der Waals surface area contributed by atoms with Gasteiger partial charge in [-0.3, -0.25) is 9.59 Å². The van der Waals surface area contributed by atoms with E-state index in [-0.39, 0.29) is 17.5 Å². The second kappa shape index (κ2) is 6.68. The summed E-state index contributed by atoms with van der Waals surface area (Å²) in [6.07, 6.45) is 3.14. The van der Waals surface area contributed by atoms with Crippen LogP contribution in [0.1, 0.15) is 29.4 Å². The maximum absolute atomic E-state index is 12.5. The minimum absolute atomic E-state index is 0.125. The summed E-state index contributed by atoms with van der Waals surface area (Å²) < 4.78 is 6.73. The molecule has 0 bridgehead atoms. The molecule has 25 heavy (non-hydrogen) atoms. The first-order chi connectivity index (χ1) is 12.2. The number of piperidine rings is 1. The molecule has 0 spiro atoms. The summed E-state index contributed by atoms with van der Waals surface area (Å²) in [5.74, 6) is 0.186. The maximum atomic E-state index is 12.5. The number of amides is 1. The third-order valence-corrected chi connectivity index (χ3v) is 5.25. The van der Waals surface area contributed by atoms with Crippen LogP contribution in [0.5, 0.6) is 0 Å². The summed E-state index contributed by atoms with van der Waals surface area (Å²) in [6, 6.07) is 10.5. The normalized spacial score (nSPS) is 17.6. The van der Waals surface area contributed by atoms with Crippen LogP contribution in [0.25, 0.3) is 10.6 Å². The number of furan rings is 1. The highest BCUT2D eigenvalue weighted by Gasteiger charge is 2.28. The van der Waals surface area contributed by atoms with Crippen LogP contribution in [0.15, 0.2) is 57.3 Å². The van der Waals surface area contributed by atoms with E-state index >= 15 is 0 Å². The predicted octanol–water partition coefficient (Wildman–Crippen LogP) is 3.04. The zero-order valence-corrected chi connectivity index (χ0v) is 14.3. The summed E-state index contributed by atoms with van der Waals surface area (Å²) in [6.45, 7) is 1.12. The van der Waals surface area contributed by atoms with E-state index < -0.39 is 0 Å². The van der Waals surface area contributed by atoms with Crippen molar-refractivity contribution in [2.24, 2.45) is 0 Å². The topological polar surface area (TPSA) is 68.3 Å². The molecule has 6 nitrogen and oxygen atoms in total. The van der Waals surface area contributed by atoms with Gasteiger partial charge in [0, 0.05) is 19.2 Å². The molecule has 3 aromatic heterocycles. The average molecular weight is 355 g/mol. The quantitative estimate of drug-likeness (QED) is 0.724. The van der Waals surface area contributed by atoms with E-state index in [1.807, 2.05) is 17.5 Å². The number of carbonyl (C=O) groups is 1. The smallest absolute Gasteiger partial charge is 0.289 e. The monoisotopic (exact) mass is 355 g/mol. The number of nitrogens with zero attached hydrogens (tertiary/aromatic N) is 3. The van der Waals surface area contributed by atoms with Gasteiger partial charge in [-0.1, -0.05) is 6.07 Å². The number of aromatic nitrogens is 2. The molecule has 1 amide bonds. The summed E-state index contributed by atoms with van der Waals surface area (Å²) in [5.41, 5.74) is 0.640. The van der Waals surface area contributed by atoms with Crippen LogP contribution in [0.3, 0.4) is 0 Å². The SMILES string of the molecule is O=C(c1ccco1)N1CCC[C@@H](n2nc(-c3cccs3)ccc2=O)C1. The molecule has 1 saturated heterocycles. The molecule has 0 aliphatic carbocycles. The van der Waals surface area contributed by atoms with E-state index in [4.69, 9.17) is 4.42 Å². The van der Waals surface area contributed by atoms with Crippen molar-refractivity contribution in [3.05, 3.63) is 64.2 Å². The highest BCUT2D eigenvalue weighted by Crippen LogP contribution is 2.24. The second-order valence-electron chi connectivity index (χ2n) is 6.00. The standard InChI is InChI=1S/C18H17N3O3S/c22-17-8-7-14(16-6-3-11-25-16)19-21(17)13-4-1-9-20(12-13)18(23)15-5-2-10-24-15/h2-3,5-8,10-11,13H,1,4,9,12H2/t13-/m1/s1. The lowest BCUT2D eigenvalue weighted by molar-refractivity contribution is 0.0638. The fourth-order valence-corrected chi connectivity index (χ4v) is 3.83. The zero-order chi connectivity index (χ0) is 17.2. The Morgan fingerprint density at radius 2 is 2.16 bits per heavy atom. The molecule has 4 heterocycles. The minimum atomic E-state index is -0.142. The molecule has 128 valence electrons. The van der Waals surface area contributed by atoms with Gasteiger partial charge in [0.1, 0.15) is 5.69 Å². The molecule has 1 aliphatic heterocycles. The summed E-state index contributed by atoms with van der Waals surface area (Å²) in [5, 5.41) is 6.53. The van der Waals surface area contributed by atoms with Crippen LogP contribution < -0.4 is 5.56 Å². The van der Waals surface area contributed by atoms with Crippen molar-refractivity contribution in [2.75, 3.05) is 13.1 Å². The van der Waals surface area contributed by atoms with Crippen molar-refractivity contribution in [1.29, 1.82) is 0 Å². The molecule has 0 aromatic carbocycles. The van der Waals surface area contributed by atoms with Gasteiger partial charge in [0.25, 0.3) is 11.5 Å². The molecule has 0 radical (unpaired) electrons. The molecule has 0 N–H and O–H groups in total. The molecular weight excluding hydrogens is 338 g/mol. The number of hydrogen-bond donors (Lipinski definition) is 0. The highest BCUT2D eigenvalue weighted by atomic mass is 32.1. The first-order valence-electron chi connectivity index (χ1n) is 8.19. The van der Waals surface area contributed by atoms with E-state index in [1.54, 1.807) is 40.5 Å². The lowest BCUT2D eigenvalue weighted by Gasteiger charge is -2.32. The van der Waals surface area contributed by atoms with E-state index in [1.165, 1.54) is 10.9 Å². The Kier molecular flexibility index (Phi) is 4.23. The van der Waals surface area contributed by atoms with Gasteiger partial charge in [0.15, 0.2) is 5.76 Å². The molecule has 3 aromatic rings.